The third-order valence-electron chi connectivity index (χ3n) is 2.59. The summed E-state index contributed by atoms with van der Waals surface area (Å²) in [6.07, 6.45) is 0. The molecule has 0 aromatic heterocycles. The smallest absolute Gasteiger partial charge is 0.0454 e. The second kappa shape index (κ2) is 4.69. The first-order chi connectivity index (χ1) is 7.68. The van der Waals surface area contributed by atoms with Gasteiger partial charge in [-0.1, -0.05) is 48.0 Å². The summed E-state index contributed by atoms with van der Waals surface area (Å²) >= 11 is 6.10. The van der Waals surface area contributed by atoms with Gasteiger partial charge in [0.15, 0.2) is 0 Å². The lowest BCUT2D eigenvalue weighted by Crippen LogP contribution is -2.05. The van der Waals surface area contributed by atoms with Gasteiger partial charge < -0.3 is 5.73 Å². The Labute approximate surface area is 101 Å². The summed E-state index contributed by atoms with van der Waals surface area (Å²) in [7, 11) is 0. The lowest BCUT2D eigenvalue weighted by atomic mass is 10.0. The van der Waals surface area contributed by atoms with Crippen molar-refractivity contribution in [2.75, 3.05) is 0 Å². The molecule has 0 saturated carbocycles. The van der Waals surface area contributed by atoms with Crippen LogP contribution >= 0.6 is 11.6 Å². The summed E-state index contributed by atoms with van der Waals surface area (Å²) in [5, 5.41) is 0.731. The van der Waals surface area contributed by atoms with Crippen molar-refractivity contribution in [1.29, 1.82) is 0 Å². The number of benzene rings is 2. The first-order valence-electron chi connectivity index (χ1n) is 5.29. The fourth-order valence-electron chi connectivity index (χ4n) is 1.70. The summed E-state index contributed by atoms with van der Waals surface area (Å²) < 4.78 is 0. The van der Waals surface area contributed by atoms with E-state index < -0.39 is 0 Å². The van der Waals surface area contributed by atoms with Crippen molar-refractivity contribution in [3.8, 4) is 11.1 Å². The van der Waals surface area contributed by atoms with E-state index in [0.717, 1.165) is 16.1 Å². The summed E-state index contributed by atoms with van der Waals surface area (Å²) in [6.45, 7) is 1.94. The van der Waals surface area contributed by atoms with Gasteiger partial charge in [0.25, 0.3) is 0 Å². The van der Waals surface area contributed by atoms with Crippen LogP contribution in [0.4, 0.5) is 0 Å². The molecule has 0 saturated heterocycles. The Morgan fingerprint density at radius 3 is 2.31 bits per heavy atom. The first-order valence-corrected chi connectivity index (χ1v) is 5.67. The molecule has 0 aliphatic rings. The highest BCUT2D eigenvalue weighted by molar-refractivity contribution is 6.31. The predicted molar refractivity (Wildman–Crippen MR) is 69.5 cm³/mol. The number of halogens is 1. The van der Waals surface area contributed by atoms with Gasteiger partial charge in [0.1, 0.15) is 0 Å². The standard InChI is InChI=1S/C14H14ClN/c1-10(16)13-9-12(7-8-14(13)15)11-5-3-2-4-6-11/h2-10H,16H2,1H3. The zero-order valence-corrected chi connectivity index (χ0v) is 9.91. The Bertz CT molecular complexity index is 477. The van der Waals surface area contributed by atoms with Gasteiger partial charge in [-0.25, -0.2) is 0 Å². The van der Waals surface area contributed by atoms with Crippen molar-refractivity contribution < 1.29 is 0 Å². The van der Waals surface area contributed by atoms with E-state index in [-0.39, 0.29) is 6.04 Å². The van der Waals surface area contributed by atoms with Gasteiger partial charge in [0, 0.05) is 11.1 Å². The molecular weight excluding hydrogens is 218 g/mol. The minimum Gasteiger partial charge on any atom is -0.324 e. The summed E-state index contributed by atoms with van der Waals surface area (Å²) in [6, 6.07) is 16.1. The summed E-state index contributed by atoms with van der Waals surface area (Å²) in [5.41, 5.74) is 9.20. The second-order valence-corrected chi connectivity index (χ2v) is 4.30. The molecule has 2 rings (SSSR count). The second-order valence-electron chi connectivity index (χ2n) is 3.89. The monoisotopic (exact) mass is 231 g/mol. The van der Waals surface area contributed by atoms with Crippen LogP contribution in [0.25, 0.3) is 11.1 Å². The van der Waals surface area contributed by atoms with Crippen LogP contribution in [0.15, 0.2) is 48.5 Å². The lowest BCUT2D eigenvalue weighted by Gasteiger charge is -2.10. The van der Waals surface area contributed by atoms with Gasteiger partial charge in [-0.3, -0.25) is 0 Å². The molecule has 0 heterocycles. The molecule has 1 nitrogen and oxygen atoms in total. The van der Waals surface area contributed by atoms with Crippen LogP contribution in [0.1, 0.15) is 18.5 Å². The molecule has 0 amide bonds. The first kappa shape index (κ1) is 11.2. The van der Waals surface area contributed by atoms with Gasteiger partial charge >= 0.3 is 0 Å². The van der Waals surface area contributed by atoms with E-state index in [1.54, 1.807) is 0 Å². The summed E-state index contributed by atoms with van der Waals surface area (Å²) in [5.74, 6) is 0. The van der Waals surface area contributed by atoms with E-state index in [9.17, 15) is 0 Å². The molecule has 0 spiro atoms. The van der Waals surface area contributed by atoms with Gasteiger partial charge in [-0.05, 0) is 35.7 Å². The third-order valence-corrected chi connectivity index (χ3v) is 2.94. The minimum absolute atomic E-state index is 0.0452. The van der Waals surface area contributed by atoms with Crippen LogP contribution in [0, 0.1) is 0 Å². The van der Waals surface area contributed by atoms with Crippen molar-refractivity contribution in [1.82, 2.24) is 0 Å². The van der Waals surface area contributed by atoms with Crippen molar-refractivity contribution in [2.45, 2.75) is 13.0 Å². The van der Waals surface area contributed by atoms with E-state index in [1.807, 2.05) is 37.3 Å². The molecule has 2 N–H and O–H groups in total. The molecule has 2 aromatic carbocycles. The van der Waals surface area contributed by atoms with E-state index >= 15 is 0 Å². The SMILES string of the molecule is CC(N)c1cc(-c2ccccc2)ccc1Cl. The molecule has 0 bridgehead atoms. The van der Waals surface area contributed by atoms with Crippen LogP contribution in [-0.2, 0) is 0 Å². The quantitative estimate of drug-likeness (QED) is 0.830. The van der Waals surface area contributed by atoms with Gasteiger partial charge in [-0.2, -0.15) is 0 Å². The molecule has 82 valence electrons. The van der Waals surface area contributed by atoms with E-state index in [4.69, 9.17) is 17.3 Å². The zero-order chi connectivity index (χ0) is 11.5. The average Bonchev–Trinajstić information content (AvgIpc) is 2.30. The molecule has 0 aliphatic carbocycles. The Kier molecular flexibility index (Phi) is 3.28. The molecule has 0 fully saturated rings. The molecular formula is C14H14ClN. The maximum atomic E-state index is 6.10. The van der Waals surface area contributed by atoms with Crippen LogP contribution in [0.2, 0.25) is 5.02 Å². The van der Waals surface area contributed by atoms with Crippen molar-refractivity contribution in [3.63, 3.8) is 0 Å². The number of nitrogens with two attached hydrogens (primary N) is 1. The van der Waals surface area contributed by atoms with Gasteiger partial charge in [0.05, 0.1) is 0 Å². The van der Waals surface area contributed by atoms with E-state index in [2.05, 4.69) is 18.2 Å². The fourth-order valence-corrected chi connectivity index (χ4v) is 1.99. The van der Waals surface area contributed by atoms with Crippen molar-refractivity contribution in [2.24, 2.45) is 5.73 Å². The van der Waals surface area contributed by atoms with Crippen LogP contribution in [0.5, 0.6) is 0 Å². The largest absolute Gasteiger partial charge is 0.324 e. The molecule has 0 aliphatic heterocycles. The molecule has 1 unspecified atom stereocenters. The maximum Gasteiger partial charge on any atom is 0.0454 e. The Morgan fingerprint density at radius 2 is 1.69 bits per heavy atom. The van der Waals surface area contributed by atoms with E-state index in [0.29, 0.717) is 0 Å². The van der Waals surface area contributed by atoms with Gasteiger partial charge in [-0.15, -0.1) is 0 Å². The van der Waals surface area contributed by atoms with Crippen LogP contribution < -0.4 is 5.73 Å². The number of hydrogen-bond donors (Lipinski definition) is 1. The Morgan fingerprint density at radius 1 is 1.00 bits per heavy atom. The normalized spacial score (nSPS) is 12.4. The third kappa shape index (κ3) is 2.26. The van der Waals surface area contributed by atoms with E-state index in [1.165, 1.54) is 5.56 Å². The van der Waals surface area contributed by atoms with Crippen molar-refractivity contribution >= 4 is 11.6 Å². The Hall–Kier alpha value is -1.31. The molecule has 2 aromatic rings. The number of hydrogen-bond acceptors (Lipinski definition) is 1. The molecule has 2 heteroatoms. The number of rotatable bonds is 2. The van der Waals surface area contributed by atoms with Crippen LogP contribution in [0.3, 0.4) is 0 Å². The average molecular weight is 232 g/mol. The highest BCUT2D eigenvalue weighted by Crippen LogP contribution is 2.27. The zero-order valence-electron chi connectivity index (χ0n) is 9.15. The molecule has 0 radical (unpaired) electrons. The molecule has 1 atom stereocenters. The molecule has 16 heavy (non-hydrogen) atoms. The highest BCUT2D eigenvalue weighted by atomic mass is 35.5. The Balaban J connectivity index is 2.48. The minimum atomic E-state index is -0.0452. The fraction of sp³-hybridized carbons (Fsp3) is 0.143. The highest BCUT2D eigenvalue weighted by Gasteiger charge is 2.07. The summed E-state index contributed by atoms with van der Waals surface area (Å²) in [4.78, 5) is 0. The predicted octanol–water partition coefficient (Wildman–Crippen LogP) is 4.03. The maximum absolute atomic E-state index is 6.10. The van der Waals surface area contributed by atoms with Gasteiger partial charge in [0.2, 0.25) is 0 Å². The lowest BCUT2D eigenvalue weighted by molar-refractivity contribution is 0.819. The van der Waals surface area contributed by atoms with Crippen LogP contribution in [-0.4, -0.2) is 0 Å². The van der Waals surface area contributed by atoms with Crippen molar-refractivity contribution in [3.05, 3.63) is 59.1 Å². The topological polar surface area (TPSA) is 26.0 Å².